The van der Waals surface area contributed by atoms with E-state index in [9.17, 15) is 28.0 Å². The highest BCUT2D eigenvalue weighted by Crippen LogP contribution is 2.34. The van der Waals surface area contributed by atoms with Crippen molar-refractivity contribution in [3.63, 3.8) is 0 Å². The number of hydrogen-bond acceptors (Lipinski definition) is 5. The Morgan fingerprint density at radius 2 is 1.97 bits per heavy atom. The fourth-order valence-electron chi connectivity index (χ4n) is 3.04. The van der Waals surface area contributed by atoms with Crippen LogP contribution >= 0.6 is 0 Å². The van der Waals surface area contributed by atoms with Gasteiger partial charge in [-0.2, -0.15) is 18.4 Å². The number of nitriles is 1. The van der Waals surface area contributed by atoms with E-state index in [2.05, 4.69) is 10.6 Å². The maximum atomic E-state index is 13.0. The van der Waals surface area contributed by atoms with Gasteiger partial charge >= 0.3 is 12.3 Å². The fourth-order valence-corrected chi connectivity index (χ4v) is 3.04. The van der Waals surface area contributed by atoms with Crippen molar-refractivity contribution < 1.29 is 27.5 Å². The van der Waals surface area contributed by atoms with E-state index < -0.39 is 35.4 Å². The first-order valence-electron chi connectivity index (χ1n) is 9.46. The first-order valence-corrected chi connectivity index (χ1v) is 9.46. The average Bonchev–Trinajstić information content (AvgIpc) is 3.06. The molecule has 30 heavy (non-hydrogen) atoms. The maximum Gasteiger partial charge on any atom is 0.416 e. The number of rotatable bonds is 4. The fraction of sp³-hybridized carbons (Fsp3) is 0.550. The second-order valence-corrected chi connectivity index (χ2v) is 8.15. The minimum absolute atomic E-state index is 0.134. The van der Waals surface area contributed by atoms with Crippen LogP contribution in [0.2, 0.25) is 0 Å². The van der Waals surface area contributed by atoms with Gasteiger partial charge < -0.3 is 20.3 Å². The van der Waals surface area contributed by atoms with Crippen LogP contribution in [0, 0.1) is 11.3 Å². The van der Waals surface area contributed by atoms with Crippen LogP contribution in [0.15, 0.2) is 18.2 Å². The molecule has 164 valence electrons. The molecular weight excluding hydrogens is 401 g/mol. The van der Waals surface area contributed by atoms with Crippen LogP contribution in [0.3, 0.4) is 0 Å². The van der Waals surface area contributed by atoms with Crippen LogP contribution in [0.25, 0.3) is 0 Å². The number of anilines is 1. The molecule has 0 spiro atoms. The molecule has 0 aromatic heterocycles. The summed E-state index contributed by atoms with van der Waals surface area (Å²) in [5.41, 5.74) is -1.21. The first kappa shape index (κ1) is 23.3. The number of nitrogens with zero attached hydrogens (tertiary/aromatic N) is 2. The molecule has 1 aliphatic heterocycles. The number of ether oxygens (including phenoxy) is 1. The van der Waals surface area contributed by atoms with Crippen molar-refractivity contribution >= 4 is 17.7 Å². The number of nitrogens with one attached hydrogen (secondary N) is 2. The normalized spacial score (nSPS) is 17.8. The summed E-state index contributed by atoms with van der Waals surface area (Å²) < 4.78 is 44.2. The van der Waals surface area contributed by atoms with Gasteiger partial charge in [0.1, 0.15) is 17.7 Å². The van der Waals surface area contributed by atoms with Gasteiger partial charge in [-0.05, 0) is 52.3 Å². The number of carbonyl (C=O) groups is 2. The molecular formula is C20H25F3N4O3. The number of carbonyl (C=O) groups excluding carboxylic acids is 2. The van der Waals surface area contributed by atoms with Crippen LogP contribution in [-0.4, -0.2) is 42.8 Å². The van der Waals surface area contributed by atoms with Gasteiger partial charge in [0.15, 0.2) is 0 Å². The van der Waals surface area contributed by atoms with E-state index in [0.29, 0.717) is 13.0 Å². The van der Waals surface area contributed by atoms with Gasteiger partial charge in [-0.15, -0.1) is 0 Å². The second kappa shape index (κ2) is 8.81. The van der Waals surface area contributed by atoms with E-state index in [0.717, 1.165) is 18.2 Å². The lowest BCUT2D eigenvalue weighted by Gasteiger charge is -2.23. The largest absolute Gasteiger partial charge is 0.444 e. The number of alkyl halides is 3. The number of alkyl carbamates (subject to hydrolysis) is 1. The van der Waals surface area contributed by atoms with Gasteiger partial charge in [-0.25, -0.2) is 4.79 Å². The quantitative estimate of drug-likeness (QED) is 0.771. The van der Waals surface area contributed by atoms with Gasteiger partial charge in [0.25, 0.3) is 0 Å². The van der Waals surface area contributed by atoms with Crippen molar-refractivity contribution in [3.05, 3.63) is 29.3 Å². The molecule has 0 aliphatic carbocycles. The van der Waals surface area contributed by atoms with E-state index in [1.165, 1.54) is 6.92 Å². The molecule has 0 bridgehead atoms. The lowest BCUT2D eigenvalue weighted by Crippen LogP contribution is -2.49. The van der Waals surface area contributed by atoms with Crippen molar-refractivity contribution in [1.82, 2.24) is 10.6 Å². The van der Waals surface area contributed by atoms with Crippen molar-refractivity contribution in [2.24, 2.45) is 0 Å². The molecule has 1 aromatic carbocycles. The number of hydrogen-bond donors (Lipinski definition) is 2. The third-order valence-electron chi connectivity index (χ3n) is 4.45. The van der Waals surface area contributed by atoms with E-state index in [-0.39, 0.29) is 23.8 Å². The molecule has 10 heteroatoms. The zero-order valence-corrected chi connectivity index (χ0v) is 17.3. The number of halogens is 3. The summed E-state index contributed by atoms with van der Waals surface area (Å²) in [5, 5.41) is 14.5. The summed E-state index contributed by atoms with van der Waals surface area (Å²) in [4.78, 5) is 25.8. The summed E-state index contributed by atoms with van der Waals surface area (Å²) in [6.45, 7) is 7.25. The van der Waals surface area contributed by atoms with Gasteiger partial charge in [-0.1, -0.05) is 0 Å². The minimum atomic E-state index is -4.52. The van der Waals surface area contributed by atoms with Crippen LogP contribution in [0.4, 0.5) is 23.7 Å². The standard InChI is InChI=1S/C20H25F3N4O3/c1-12(25-18(29)30-19(2,3)4)17(28)26-15-7-8-27(11-15)16-9-14(20(21,22)23)6-5-13(16)10-24/h5-6,9,12,15H,7-8,11H2,1-4H3,(H,25,29)(H,26,28)/t12-,15-/m0/s1. The zero-order valence-electron chi connectivity index (χ0n) is 17.3. The molecule has 1 fully saturated rings. The molecule has 2 rings (SSSR count). The average molecular weight is 426 g/mol. The van der Waals surface area contributed by atoms with Crippen molar-refractivity contribution in [2.75, 3.05) is 18.0 Å². The van der Waals surface area contributed by atoms with Crippen LogP contribution in [0.5, 0.6) is 0 Å². The van der Waals surface area contributed by atoms with Gasteiger partial charge in [-0.3, -0.25) is 4.79 Å². The Morgan fingerprint density at radius 1 is 1.30 bits per heavy atom. The van der Waals surface area contributed by atoms with Crippen molar-refractivity contribution in [2.45, 2.75) is 58.0 Å². The summed E-state index contributed by atoms with van der Waals surface area (Å²) in [7, 11) is 0. The summed E-state index contributed by atoms with van der Waals surface area (Å²) >= 11 is 0. The highest BCUT2D eigenvalue weighted by molar-refractivity contribution is 5.85. The Labute approximate surface area is 173 Å². The van der Waals surface area contributed by atoms with E-state index in [1.807, 2.05) is 6.07 Å². The summed E-state index contributed by atoms with van der Waals surface area (Å²) in [6.07, 6.45) is -4.74. The zero-order chi connectivity index (χ0) is 22.7. The Morgan fingerprint density at radius 3 is 2.53 bits per heavy atom. The molecule has 2 N–H and O–H groups in total. The third kappa shape index (κ3) is 6.27. The molecule has 1 aliphatic rings. The SMILES string of the molecule is C[C@H](NC(=O)OC(C)(C)C)C(=O)N[C@H]1CCN(c2cc(C(F)(F)F)ccc2C#N)C1. The molecule has 1 heterocycles. The molecule has 0 saturated carbocycles. The molecule has 1 aromatic rings. The predicted molar refractivity (Wildman–Crippen MR) is 104 cm³/mol. The maximum absolute atomic E-state index is 13.0. The Kier molecular flexibility index (Phi) is 6.85. The molecule has 2 amide bonds. The summed E-state index contributed by atoms with van der Waals surface area (Å²) in [6, 6.07) is 3.71. The Balaban J connectivity index is 2.00. The molecule has 7 nitrogen and oxygen atoms in total. The minimum Gasteiger partial charge on any atom is -0.444 e. The summed E-state index contributed by atoms with van der Waals surface area (Å²) in [5.74, 6) is -0.433. The first-order chi connectivity index (χ1) is 13.8. The van der Waals surface area contributed by atoms with Crippen LogP contribution < -0.4 is 15.5 Å². The molecule has 0 unspecified atom stereocenters. The highest BCUT2D eigenvalue weighted by atomic mass is 19.4. The smallest absolute Gasteiger partial charge is 0.416 e. The predicted octanol–water partition coefficient (Wildman–Crippen LogP) is 3.19. The third-order valence-corrected chi connectivity index (χ3v) is 4.45. The topological polar surface area (TPSA) is 94.5 Å². The Hall–Kier alpha value is -2.96. The van der Waals surface area contributed by atoms with Gasteiger partial charge in [0.2, 0.25) is 5.91 Å². The molecule has 1 saturated heterocycles. The van der Waals surface area contributed by atoms with Crippen LogP contribution in [0.1, 0.15) is 45.2 Å². The van der Waals surface area contributed by atoms with E-state index >= 15 is 0 Å². The highest BCUT2D eigenvalue weighted by Gasteiger charge is 2.33. The second-order valence-electron chi connectivity index (χ2n) is 8.15. The van der Waals surface area contributed by atoms with Crippen molar-refractivity contribution in [1.29, 1.82) is 5.26 Å². The molecule has 0 radical (unpaired) electrons. The lowest BCUT2D eigenvalue weighted by atomic mass is 10.1. The van der Waals surface area contributed by atoms with E-state index in [4.69, 9.17) is 4.74 Å². The Bertz CT molecular complexity index is 843. The molecule has 2 atom stereocenters. The van der Waals surface area contributed by atoms with Gasteiger partial charge in [0, 0.05) is 19.1 Å². The number of amides is 2. The van der Waals surface area contributed by atoms with E-state index in [1.54, 1.807) is 25.7 Å². The lowest BCUT2D eigenvalue weighted by molar-refractivity contribution is -0.137. The number of benzene rings is 1. The van der Waals surface area contributed by atoms with Crippen LogP contribution in [-0.2, 0) is 15.7 Å². The van der Waals surface area contributed by atoms with Crippen molar-refractivity contribution in [3.8, 4) is 6.07 Å². The monoisotopic (exact) mass is 426 g/mol. The van der Waals surface area contributed by atoms with Gasteiger partial charge in [0.05, 0.1) is 16.8 Å².